The number of likely N-dealkylation sites (N-methyl/N-ethyl adjacent to an activating group) is 1. The molecule has 0 atom stereocenters. The Morgan fingerprint density at radius 2 is 1.89 bits per heavy atom. The minimum Gasteiger partial charge on any atom is -0.331 e. The molecular weight excluding hydrogens is 242 g/mol. The summed E-state index contributed by atoms with van der Waals surface area (Å²) in [7, 11) is 7.53. The molecule has 0 radical (unpaired) electrons. The summed E-state index contributed by atoms with van der Waals surface area (Å²) in [5, 5.41) is 12.8. The third kappa shape index (κ3) is 4.37. The van der Waals surface area contributed by atoms with Crippen LogP contribution < -0.4 is 5.32 Å². The summed E-state index contributed by atoms with van der Waals surface area (Å²) in [6.45, 7) is 2.98. The molecule has 0 bridgehead atoms. The van der Waals surface area contributed by atoms with Gasteiger partial charge in [-0.25, -0.2) is 4.79 Å². The molecule has 0 aromatic heterocycles. The molecule has 1 N–H and O–H groups in total. The Morgan fingerprint density at radius 1 is 1.32 bits per heavy atom. The molecule has 0 aromatic carbocycles. The zero-order valence-corrected chi connectivity index (χ0v) is 12.4. The maximum Gasteiger partial charge on any atom is 0.319 e. The van der Waals surface area contributed by atoms with E-state index in [1.54, 1.807) is 19.0 Å². The number of nitriles is 1. The highest BCUT2D eigenvalue weighted by atomic mass is 16.2. The Balaban J connectivity index is 2.48. The number of hydrogen-bond acceptors (Lipinski definition) is 4. The summed E-state index contributed by atoms with van der Waals surface area (Å²) in [4.78, 5) is 17.3. The van der Waals surface area contributed by atoms with Crippen LogP contribution in [0.25, 0.3) is 0 Å². The molecule has 1 aliphatic heterocycles. The number of nitrogens with one attached hydrogen (secondary N) is 1. The molecule has 1 rings (SSSR count). The average Bonchev–Trinajstić information content (AvgIpc) is 2.38. The van der Waals surface area contributed by atoms with Crippen molar-refractivity contribution in [1.82, 2.24) is 20.0 Å². The van der Waals surface area contributed by atoms with Gasteiger partial charge in [-0.2, -0.15) is 5.26 Å². The predicted molar refractivity (Wildman–Crippen MR) is 74.8 cm³/mol. The number of carbonyl (C=O) groups excluding carboxylic acids is 1. The van der Waals surface area contributed by atoms with E-state index in [4.69, 9.17) is 0 Å². The molecule has 0 spiro atoms. The molecule has 19 heavy (non-hydrogen) atoms. The monoisotopic (exact) mass is 267 g/mol. The number of likely N-dealkylation sites (tertiary alicyclic amines) is 1. The number of hydrogen-bond donors (Lipinski definition) is 1. The van der Waals surface area contributed by atoms with Gasteiger partial charge in [-0.3, -0.25) is 5.32 Å². The van der Waals surface area contributed by atoms with E-state index in [0.29, 0.717) is 25.9 Å². The van der Waals surface area contributed by atoms with Gasteiger partial charge in [0.2, 0.25) is 0 Å². The topological polar surface area (TPSA) is 62.6 Å². The molecule has 1 fully saturated rings. The Bertz CT molecular complexity index is 339. The van der Waals surface area contributed by atoms with Crippen LogP contribution >= 0.6 is 0 Å². The fourth-order valence-corrected chi connectivity index (χ4v) is 2.21. The average molecular weight is 267 g/mol. The highest BCUT2D eigenvalue weighted by Gasteiger charge is 2.35. The lowest BCUT2D eigenvalue weighted by Gasteiger charge is -2.39. The van der Waals surface area contributed by atoms with Crippen LogP contribution in [0.3, 0.4) is 0 Å². The number of urea groups is 1. The Labute approximate surface area is 115 Å². The van der Waals surface area contributed by atoms with Crippen molar-refractivity contribution in [3.8, 4) is 6.07 Å². The maximum atomic E-state index is 11.8. The zero-order valence-electron chi connectivity index (χ0n) is 12.4. The van der Waals surface area contributed by atoms with Crippen molar-refractivity contribution in [2.45, 2.75) is 18.4 Å². The molecule has 1 aliphatic rings. The molecule has 0 aromatic rings. The van der Waals surface area contributed by atoms with Crippen LogP contribution in [0.1, 0.15) is 12.8 Å². The second-order valence-corrected chi connectivity index (χ2v) is 5.59. The van der Waals surface area contributed by atoms with Crippen molar-refractivity contribution in [3.63, 3.8) is 0 Å². The standard InChI is InChI=1S/C13H25N5O/c1-16(2)10-7-15-13(11-14)5-8-18(9-6-13)12(19)17(3)4/h15H,5-10H2,1-4H3. The van der Waals surface area contributed by atoms with Crippen LogP contribution in [-0.2, 0) is 0 Å². The fourth-order valence-electron chi connectivity index (χ4n) is 2.21. The van der Waals surface area contributed by atoms with E-state index in [2.05, 4.69) is 16.3 Å². The van der Waals surface area contributed by atoms with E-state index in [1.807, 2.05) is 19.0 Å². The fraction of sp³-hybridized carbons (Fsp3) is 0.846. The molecule has 6 heteroatoms. The number of nitrogens with zero attached hydrogens (tertiary/aromatic N) is 4. The van der Waals surface area contributed by atoms with Gasteiger partial charge < -0.3 is 14.7 Å². The van der Waals surface area contributed by atoms with Gasteiger partial charge in [-0.1, -0.05) is 0 Å². The van der Waals surface area contributed by atoms with Gasteiger partial charge in [-0.15, -0.1) is 0 Å². The van der Waals surface area contributed by atoms with E-state index in [0.717, 1.165) is 13.1 Å². The molecule has 0 saturated carbocycles. The highest BCUT2D eigenvalue weighted by molar-refractivity contribution is 5.74. The molecule has 1 heterocycles. The van der Waals surface area contributed by atoms with Crippen molar-refractivity contribution in [3.05, 3.63) is 0 Å². The van der Waals surface area contributed by atoms with E-state index < -0.39 is 5.54 Å². The first-order valence-corrected chi connectivity index (χ1v) is 6.67. The third-order valence-corrected chi connectivity index (χ3v) is 3.51. The molecule has 2 amide bonds. The summed E-state index contributed by atoms with van der Waals surface area (Å²) < 4.78 is 0. The van der Waals surface area contributed by atoms with Crippen LogP contribution in [0.4, 0.5) is 4.79 Å². The van der Waals surface area contributed by atoms with E-state index in [-0.39, 0.29) is 6.03 Å². The molecule has 0 unspecified atom stereocenters. The smallest absolute Gasteiger partial charge is 0.319 e. The van der Waals surface area contributed by atoms with Crippen molar-refractivity contribution in [2.75, 3.05) is 54.4 Å². The van der Waals surface area contributed by atoms with Crippen molar-refractivity contribution in [1.29, 1.82) is 5.26 Å². The van der Waals surface area contributed by atoms with Crippen molar-refractivity contribution < 1.29 is 4.79 Å². The Morgan fingerprint density at radius 3 is 2.32 bits per heavy atom. The van der Waals surface area contributed by atoms with Gasteiger partial charge in [0.05, 0.1) is 6.07 Å². The van der Waals surface area contributed by atoms with Crippen LogP contribution in [0, 0.1) is 11.3 Å². The Hall–Kier alpha value is -1.32. The predicted octanol–water partition coefficient (Wildman–Crippen LogP) is 0.177. The Kier molecular flexibility index (Phi) is 5.58. The van der Waals surface area contributed by atoms with Crippen LogP contribution in [0.15, 0.2) is 0 Å². The summed E-state index contributed by atoms with van der Waals surface area (Å²) in [5.74, 6) is 0. The molecule has 1 saturated heterocycles. The first-order chi connectivity index (χ1) is 8.90. The maximum absolute atomic E-state index is 11.8. The highest BCUT2D eigenvalue weighted by Crippen LogP contribution is 2.22. The first kappa shape index (κ1) is 15.7. The van der Waals surface area contributed by atoms with E-state index in [1.165, 1.54) is 0 Å². The molecular formula is C13H25N5O. The summed E-state index contributed by atoms with van der Waals surface area (Å²) >= 11 is 0. The zero-order chi connectivity index (χ0) is 14.5. The summed E-state index contributed by atoms with van der Waals surface area (Å²) in [6.07, 6.45) is 1.38. The summed E-state index contributed by atoms with van der Waals surface area (Å²) in [5.41, 5.74) is -0.473. The molecule has 108 valence electrons. The van der Waals surface area contributed by atoms with Crippen LogP contribution in [-0.4, -0.2) is 80.6 Å². The van der Waals surface area contributed by atoms with Gasteiger partial charge in [0.1, 0.15) is 5.54 Å². The number of rotatable bonds is 4. The van der Waals surface area contributed by atoms with Gasteiger partial charge in [-0.05, 0) is 26.9 Å². The SMILES string of the molecule is CN(C)CCNC1(C#N)CCN(C(=O)N(C)C)CC1. The second kappa shape index (κ2) is 6.73. The number of amides is 2. The number of carbonyl (C=O) groups is 1. The van der Waals surface area contributed by atoms with Crippen LogP contribution in [0.2, 0.25) is 0 Å². The molecule has 0 aliphatic carbocycles. The summed E-state index contributed by atoms with van der Waals surface area (Å²) in [6, 6.07) is 2.43. The largest absolute Gasteiger partial charge is 0.331 e. The van der Waals surface area contributed by atoms with Gasteiger partial charge in [0.25, 0.3) is 0 Å². The van der Waals surface area contributed by atoms with Gasteiger partial charge in [0, 0.05) is 40.3 Å². The van der Waals surface area contributed by atoms with E-state index >= 15 is 0 Å². The lowest BCUT2D eigenvalue weighted by molar-refractivity contribution is 0.140. The van der Waals surface area contributed by atoms with Gasteiger partial charge >= 0.3 is 6.03 Å². The lowest BCUT2D eigenvalue weighted by atomic mass is 9.89. The van der Waals surface area contributed by atoms with Crippen molar-refractivity contribution in [2.24, 2.45) is 0 Å². The number of piperidine rings is 1. The van der Waals surface area contributed by atoms with E-state index in [9.17, 15) is 10.1 Å². The quantitative estimate of drug-likeness (QED) is 0.789. The first-order valence-electron chi connectivity index (χ1n) is 6.67. The lowest BCUT2D eigenvalue weighted by Crippen LogP contribution is -2.55. The minimum absolute atomic E-state index is 0.0276. The third-order valence-electron chi connectivity index (χ3n) is 3.51. The van der Waals surface area contributed by atoms with Crippen molar-refractivity contribution >= 4 is 6.03 Å². The molecule has 6 nitrogen and oxygen atoms in total. The minimum atomic E-state index is -0.473. The van der Waals surface area contributed by atoms with Gasteiger partial charge in [0.15, 0.2) is 0 Å². The second-order valence-electron chi connectivity index (χ2n) is 5.59. The van der Waals surface area contributed by atoms with Crippen LogP contribution in [0.5, 0.6) is 0 Å². The normalized spacial score (nSPS) is 18.2.